The molecule has 0 bridgehead atoms. The van der Waals surface area contributed by atoms with Crippen molar-refractivity contribution in [1.29, 1.82) is 0 Å². The summed E-state index contributed by atoms with van der Waals surface area (Å²) in [7, 11) is 0. The topological polar surface area (TPSA) is 47.3 Å². The molecule has 1 atom stereocenters. The number of anilines is 1. The van der Waals surface area contributed by atoms with Gasteiger partial charge in [-0.1, -0.05) is 18.2 Å². The van der Waals surface area contributed by atoms with Crippen molar-refractivity contribution in [1.82, 2.24) is 0 Å². The van der Waals surface area contributed by atoms with Gasteiger partial charge in [0.15, 0.2) is 5.75 Å². The van der Waals surface area contributed by atoms with Crippen molar-refractivity contribution in [3.63, 3.8) is 0 Å². The number of nitrogens with two attached hydrogens (primary N) is 1. The summed E-state index contributed by atoms with van der Waals surface area (Å²) in [6, 6.07) is 9.06. The van der Waals surface area contributed by atoms with Gasteiger partial charge in [-0.15, -0.1) is 0 Å². The van der Waals surface area contributed by atoms with E-state index in [-0.39, 0.29) is 11.9 Å². The molecular formula is C17H19FN2O. The number of rotatable bonds is 2. The average Bonchev–Trinajstić information content (AvgIpc) is 2.46. The maximum atomic E-state index is 14.0. The first-order chi connectivity index (χ1) is 10.1. The summed E-state index contributed by atoms with van der Waals surface area (Å²) in [4.78, 5) is 0. The lowest BCUT2D eigenvalue weighted by Gasteiger charge is -2.29. The normalized spacial score (nSPS) is 16.9. The minimum atomic E-state index is -0.270. The van der Waals surface area contributed by atoms with Crippen LogP contribution >= 0.6 is 0 Å². The fourth-order valence-corrected chi connectivity index (χ4v) is 2.84. The highest BCUT2D eigenvalue weighted by atomic mass is 19.1. The van der Waals surface area contributed by atoms with Gasteiger partial charge in [0.1, 0.15) is 11.9 Å². The molecule has 3 nitrogen and oxygen atoms in total. The Morgan fingerprint density at radius 1 is 1.29 bits per heavy atom. The first-order valence-electron chi connectivity index (χ1n) is 7.11. The zero-order chi connectivity index (χ0) is 15.0. The number of aryl methyl sites for hydroxylation is 2. The van der Waals surface area contributed by atoms with Gasteiger partial charge in [-0.25, -0.2) is 4.39 Å². The van der Waals surface area contributed by atoms with Crippen LogP contribution < -0.4 is 15.8 Å². The van der Waals surface area contributed by atoms with Crippen LogP contribution in [-0.4, -0.2) is 19.2 Å². The number of fused-ring (bicyclic) bond motifs is 1. The van der Waals surface area contributed by atoms with Crippen molar-refractivity contribution >= 4 is 5.69 Å². The number of benzene rings is 2. The minimum Gasteiger partial charge on any atom is -0.484 e. The van der Waals surface area contributed by atoms with Gasteiger partial charge in [0.05, 0.1) is 12.2 Å². The molecule has 3 rings (SSSR count). The molecule has 0 amide bonds. The predicted molar refractivity (Wildman–Crippen MR) is 83.3 cm³/mol. The van der Waals surface area contributed by atoms with Crippen LogP contribution in [0.4, 0.5) is 10.1 Å². The highest BCUT2D eigenvalue weighted by Crippen LogP contribution is 2.42. The van der Waals surface area contributed by atoms with E-state index in [2.05, 4.69) is 5.32 Å². The standard InChI is InChI=1S/C17H19FN2O/c1-10-4-3-5-11(2)16(10)14-6-12(18)7-15-17(14)21-13(8-19)9-20-15/h3-7,13,20H,8-9,19H2,1-2H3/t13-/m1/s1. The highest BCUT2D eigenvalue weighted by Gasteiger charge is 2.24. The molecule has 1 aliphatic rings. The third-order valence-corrected chi connectivity index (χ3v) is 3.87. The van der Waals surface area contributed by atoms with Gasteiger partial charge in [-0.3, -0.25) is 0 Å². The van der Waals surface area contributed by atoms with Gasteiger partial charge in [-0.05, 0) is 36.6 Å². The van der Waals surface area contributed by atoms with Gasteiger partial charge in [0.2, 0.25) is 0 Å². The van der Waals surface area contributed by atoms with E-state index in [4.69, 9.17) is 10.5 Å². The van der Waals surface area contributed by atoms with E-state index in [9.17, 15) is 4.39 Å². The fraction of sp³-hybridized carbons (Fsp3) is 0.294. The van der Waals surface area contributed by atoms with E-state index < -0.39 is 0 Å². The van der Waals surface area contributed by atoms with E-state index in [1.165, 1.54) is 12.1 Å². The molecular weight excluding hydrogens is 267 g/mol. The van der Waals surface area contributed by atoms with E-state index in [1.807, 2.05) is 32.0 Å². The summed E-state index contributed by atoms with van der Waals surface area (Å²) >= 11 is 0. The third-order valence-electron chi connectivity index (χ3n) is 3.87. The maximum Gasteiger partial charge on any atom is 0.151 e. The number of nitrogens with one attached hydrogen (secondary N) is 1. The molecule has 2 aromatic rings. The molecule has 4 heteroatoms. The van der Waals surface area contributed by atoms with Crippen LogP contribution in [0.5, 0.6) is 5.75 Å². The number of hydrogen-bond acceptors (Lipinski definition) is 3. The molecule has 21 heavy (non-hydrogen) atoms. The minimum absolute atomic E-state index is 0.0916. The molecule has 0 saturated carbocycles. The Morgan fingerprint density at radius 3 is 2.67 bits per heavy atom. The van der Waals surface area contributed by atoms with E-state index in [0.29, 0.717) is 24.5 Å². The number of halogens is 1. The molecule has 0 spiro atoms. The lowest BCUT2D eigenvalue weighted by Crippen LogP contribution is -2.37. The molecule has 0 fully saturated rings. The largest absolute Gasteiger partial charge is 0.484 e. The van der Waals surface area contributed by atoms with Gasteiger partial charge in [0, 0.05) is 18.2 Å². The fourth-order valence-electron chi connectivity index (χ4n) is 2.84. The van der Waals surface area contributed by atoms with Crippen LogP contribution in [0.2, 0.25) is 0 Å². The van der Waals surface area contributed by atoms with Crippen LogP contribution in [0.1, 0.15) is 11.1 Å². The van der Waals surface area contributed by atoms with Gasteiger partial charge in [0.25, 0.3) is 0 Å². The molecule has 2 aromatic carbocycles. The lowest BCUT2D eigenvalue weighted by atomic mass is 9.94. The quantitative estimate of drug-likeness (QED) is 0.891. The maximum absolute atomic E-state index is 14.0. The molecule has 0 unspecified atom stereocenters. The van der Waals surface area contributed by atoms with E-state index >= 15 is 0 Å². The molecule has 1 aliphatic heterocycles. The van der Waals surface area contributed by atoms with Crippen molar-refractivity contribution in [3.05, 3.63) is 47.3 Å². The summed E-state index contributed by atoms with van der Waals surface area (Å²) in [6.45, 7) is 5.07. The Balaban J connectivity index is 2.21. The summed E-state index contributed by atoms with van der Waals surface area (Å²) in [6.07, 6.45) is -0.0916. The molecule has 0 saturated heterocycles. The Hall–Kier alpha value is -2.07. The average molecular weight is 286 g/mol. The van der Waals surface area contributed by atoms with Crippen molar-refractivity contribution in [2.24, 2.45) is 5.73 Å². The van der Waals surface area contributed by atoms with Crippen molar-refractivity contribution in [2.75, 3.05) is 18.4 Å². The predicted octanol–water partition coefficient (Wildman–Crippen LogP) is 3.24. The second-order valence-electron chi connectivity index (χ2n) is 5.45. The van der Waals surface area contributed by atoms with Crippen molar-refractivity contribution in [3.8, 4) is 16.9 Å². The SMILES string of the molecule is Cc1cccc(C)c1-c1cc(F)cc2c1O[C@H](CN)CN2. The Morgan fingerprint density at radius 2 is 2.00 bits per heavy atom. The molecule has 3 N–H and O–H groups in total. The lowest BCUT2D eigenvalue weighted by molar-refractivity contribution is 0.215. The number of ether oxygens (including phenoxy) is 1. The number of hydrogen-bond donors (Lipinski definition) is 2. The second kappa shape index (κ2) is 5.37. The highest BCUT2D eigenvalue weighted by molar-refractivity contribution is 5.82. The summed E-state index contributed by atoms with van der Waals surface area (Å²) in [5.41, 5.74) is 10.4. The van der Waals surface area contributed by atoms with Crippen LogP contribution in [0, 0.1) is 19.7 Å². The first kappa shape index (κ1) is 13.9. The second-order valence-corrected chi connectivity index (χ2v) is 5.45. The monoisotopic (exact) mass is 286 g/mol. The first-order valence-corrected chi connectivity index (χ1v) is 7.11. The summed E-state index contributed by atoms with van der Waals surface area (Å²) in [5.74, 6) is 0.421. The molecule has 0 radical (unpaired) electrons. The summed E-state index contributed by atoms with van der Waals surface area (Å²) in [5, 5.41) is 3.21. The van der Waals surface area contributed by atoms with Crippen LogP contribution in [0.15, 0.2) is 30.3 Å². The molecule has 1 heterocycles. The third kappa shape index (κ3) is 2.47. The van der Waals surface area contributed by atoms with Gasteiger partial charge >= 0.3 is 0 Å². The van der Waals surface area contributed by atoms with Crippen LogP contribution in [0.25, 0.3) is 11.1 Å². The Labute approximate surface area is 123 Å². The molecule has 0 aromatic heterocycles. The van der Waals surface area contributed by atoms with E-state index in [1.54, 1.807) is 0 Å². The van der Waals surface area contributed by atoms with Gasteiger partial charge in [-0.2, -0.15) is 0 Å². The van der Waals surface area contributed by atoms with E-state index in [0.717, 1.165) is 22.3 Å². The Kier molecular flexibility index (Phi) is 3.55. The van der Waals surface area contributed by atoms with Crippen molar-refractivity contribution < 1.29 is 9.13 Å². The van der Waals surface area contributed by atoms with Crippen LogP contribution in [0.3, 0.4) is 0 Å². The molecule has 110 valence electrons. The van der Waals surface area contributed by atoms with Crippen LogP contribution in [-0.2, 0) is 0 Å². The molecule has 0 aliphatic carbocycles. The zero-order valence-corrected chi connectivity index (χ0v) is 12.2. The zero-order valence-electron chi connectivity index (χ0n) is 12.2. The summed E-state index contributed by atoms with van der Waals surface area (Å²) < 4.78 is 19.9. The smallest absolute Gasteiger partial charge is 0.151 e. The Bertz CT molecular complexity index is 664. The van der Waals surface area contributed by atoms with Gasteiger partial charge < -0.3 is 15.8 Å². The van der Waals surface area contributed by atoms with Crippen molar-refractivity contribution in [2.45, 2.75) is 20.0 Å².